The van der Waals surface area contributed by atoms with E-state index in [9.17, 15) is 9.59 Å². The van der Waals surface area contributed by atoms with Crippen LogP contribution >= 0.6 is 0 Å². The van der Waals surface area contributed by atoms with Crippen molar-refractivity contribution in [2.45, 2.75) is 47.1 Å². The van der Waals surface area contributed by atoms with Crippen LogP contribution in [0, 0.1) is 12.3 Å². The number of nitrogens with zero attached hydrogens (tertiary/aromatic N) is 2. The molecule has 2 rings (SSSR count). The summed E-state index contributed by atoms with van der Waals surface area (Å²) in [7, 11) is 0. The molecule has 0 radical (unpaired) electrons. The molecule has 25 heavy (non-hydrogen) atoms. The maximum atomic E-state index is 12.9. The number of benzene rings is 1. The number of hydrogen-bond acceptors (Lipinski definition) is 3. The molecule has 0 saturated carbocycles. The van der Waals surface area contributed by atoms with Crippen molar-refractivity contribution in [2.24, 2.45) is 5.41 Å². The van der Waals surface area contributed by atoms with Gasteiger partial charge in [-0.05, 0) is 59.2 Å². The minimum absolute atomic E-state index is 0.0989. The standard InChI is InChI=1S/C20H31N3O2/c1-15-8-7-9-16(14-15)22-10-12-23(13-11-22)18(25)20(5,6)17(24)21-19(2,3)4/h7-9,14H,10-13H2,1-6H3,(H,21,24). The Morgan fingerprint density at radius 1 is 1.00 bits per heavy atom. The van der Waals surface area contributed by atoms with Crippen molar-refractivity contribution in [3.8, 4) is 0 Å². The molecule has 5 heteroatoms. The van der Waals surface area contributed by atoms with Gasteiger partial charge in [0.15, 0.2) is 0 Å². The Hall–Kier alpha value is -2.04. The van der Waals surface area contributed by atoms with Crippen LogP contribution in [0.5, 0.6) is 0 Å². The first-order chi connectivity index (χ1) is 11.5. The predicted molar refractivity (Wildman–Crippen MR) is 102 cm³/mol. The second-order valence-electron chi connectivity index (χ2n) is 8.45. The van der Waals surface area contributed by atoms with Crippen molar-refractivity contribution in [1.82, 2.24) is 10.2 Å². The van der Waals surface area contributed by atoms with E-state index in [1.54, 1.807) is 13.8 Å². The minimum atomic E-state index is -1.06. The van der Waals surface area contributed by atoms with Crippen molar-refractivity contribution in [1.29, 1.82) is 0 Å². The van der Waals surface area contributed by atoms with Crippen LogP contribution in [-0.2, 0) is 9.59 Å². The summed E-state index contributed by atoms with van der Waals surface area (Å²) in [5.41, 5.74) is 1.02. The summed E-state index contributed by atoms with van der Waals surface area (Å²) < 4.78 is 0. The summed E-state index contributed by atoms with van der Waals surface area (Å²) in [6.45, 7) is 14.1. The number of carbonyl (C=O) groups is 2. The van der Waals surface area contributed by atoms with Crippen molar-refractivity contribution in [3.05, 3.63) is 29.8 Å². The van der Waals surface area contributed by atoms with Crippen LogP contribution in [0.25, 0.3) is 0 Å². The lowest BCUT2D eigenvalue weighted by atomic mass is 9.88. The fourth-order valence-electron chi connectivity index (χ4n) is 2.98. The van der Waals surface area contributed by atoms with Crippen molar-refractivity contribution < 1.29 is 9.59 Å². The molecule has 0 unspecified atom stereocenters. The van der Waals surface area contributed by atoms with Crippen LogP contribution in [0.3, 0.4) is 0 Å². The van der Waals surface area contributed by atoms with E-state index in [-0.39, 0.29) is 17.4 Å². The molecule has 5 nitrogen and oxygen atoms in total. The maximum Gasteiger partial charge on any atom is 0.237 e. The summed E-state index contributed by atoms with van der Waals surface area (Å²) in [6, 6.07) is 8.41. The molecule has 1 heterocycles. The predicted octanol–water partition coefficient (Wildman–Crippen LogP) is 2.58. The van der Waals surface area contributed by atoms with Gasteiger partial charge in [-0.15, -0.1) is 0 Å². The molecule has 0 atom stereocenters. The highest BCUT2D eigenvalue weighted by Gasteiger charge is 2.41. The van der Waals surface area contributed by atoms with Gasteiger partial charge in [0.1, 0.15) is 5.41 Å². The number of rotatable bonds is 3. The number of nitrogens with one attached hydrogen (secondary N) is 1. The van der Waals surface area contributed by atoms with E-state index >= 15 is 0 Å². The molecule has 1 N–H and O–H groups in total. The maximum absolute atomic E-state index is 12.9. The first-order valence-corrected chi connectivity index (χ1v) is 8.94. The highest BCUT2D eigenvalue weighted by Crippen LogP contribution is 2.23. The molecule has 2 amide bonds. The lowest BCUT2D eigenvalue weighted by Crippen LogP contribution is -2.57. The van der Waals surface area contributed by atoms with Gasteiger partial charge in [-0.2, -0.15) is 0 Å². The zero-order chi connectivity index (χ0) is 18.8. The quantitative estimate of drug-likeness (QED) is 0.857. The van der Waals surface area contributed by atoms with E-state index in [4.69, 9.17) is 0 Å². The van der Waals surface area contributed by atoms with Crippen LogP contribution in [0.4, 0.5) is 5.69 Å². The van der Waals surface area contributed by atoms with Crippen LogP contribution < -0.4 is 10.2 Å². The molecule has 1 aromatic rings. The average Bonchev–Trinajstić information content (AvgIpc) is 2.52. The Morgan fingerprint density at radius 3 is 2.12 bits per heavy atom. The van der Waals surface area contributed by atoms with Gasteiger partial charge in [0, 0.05) is 37.4 Å². The molecule has 1 aromatic carbocycles. The average molecular weight is 345 g/mol. The van der Waals surface area contributed by atoms with E-state index < -0.39 is 5.41 Å². The Kier molecular flexibility index (Phi) is 5.45. The summed E-state index contributed by atoms with van der Waals surface area (Å²) >= 11 is 0. The largest absolute Gasteiger partial charge is 0.368 e. The monoisotopic (exact) mass is 345 g/mol. The first kappa shape index (κ1) is 19.3. The van der Waals surface area contributed by atoms with Crippen molar-refractivity contribution in [3.63, 3.8) is 0 Å². The third kappa shape index (κ3) is 4.74. The smallest absolute Gasteiger partial charge is 0.237 e. The normalized spacial score (nSPS) is 15.9. The number of piperazine rings is 1. The Morgan fingerprint density at radius 2 is 1.60 bits per heavy atom. The molecule has 1 saturated heterocycles. The van der Waals surface area contributed by atoms with Crippen LogP contribution in [0.2, 0.25) is 0 Å². The zero-order valence-electron chi connectivity index (χ0n) is 16.3. The van der Waals surface area contributed by atoms with Crippen molar-refractivity contribution >= 4 is 17.5 Å². The molecule has 1 aliphatic heterocycles. The van der Waals surface area contributed by atoms with Gasteiger partial charge in [0.05, 0.1) is 0 Å². The van der Waals surface area contributed by atoms with Crippen LogP contribution in [-0.4, -0.2) is 48.4 Å². The van der Waals surface area contributed by atoms with Crippen molar-refractivity contribution in [2.75, 3.05) is 31.1 Å². The van der Waals surface area contributed by atoms with Crippen LogP contribution in [0.1, 0.15) is 40.2 Å². The van der Waals surface area contributed by atoms with Gasteiger partial charge >= 0.3 is 0 Å². The number of carbonyl (C=O) groups excluding carboxylic acids is 2. The van der Waals surface area contributed by atoms with Gasteiger partial charge in [0.25, 0.3) is 0 Å². The Balaban J connectivity index is 1.99. The molecule has 1 fully saturated rings. The Bertz CT molecular complexity index is 639. The molecular formula is C20H31N3O2. The lowest BCUT2D eigenvalue weighted by Gasteiger charge is -2.39. The van der Waals surface area contributed by atoms with E-state index in [0.29, 0.717) is 13.1 Å². The van der Waals surface area contributed by atoms with Gasteiger partial charge in [-0.1, -0.05) is 12.1 Å². The molecule has 0 aliphatic carbocycles. The second-order valence-corrected chi connectivity index (χ2v) is 8.45. The molecule has 0 bridgehead atoms. The number of anilines is 1. The first-order valence-electron chi connectivity index (χ1n) is 8.94. The fraction of sp³-hybridized carbons (Fsp3) is 0.600. The highest BCUT2D eigenvalue weighted by molar-refractivity contribution is 6.04. The number of aryl methyl sites for hydroxylation is 1. The fourth-order valence-corrected chi connectivity index (χ4v) is 2.98. The number of amides is 2. The molecular weight excluding hydrogens is 314 g/mol. The zero-order valence-corrected chi connectivity index (χ0v) is 16.3. The third-order valence-electron chi connectivity index (χ3n) is 4.52. The SMILES string of the molecule is Cc1cccc(N2CCN(C(=O)C(C)(C)C(=O)NC(C)(C)C)CC2)c1. The third-order valence-corrected chi connectivity index (χ3v) is 4.52. The highest BCUT2D eigenvalue weighted by atomic mass is 16.2. The summed E-state index contributed by atoms with van der Waals surface area (Å²) in [5, 5.41) is 2.92. The Labute approximate surface area is 151 Å². The second kappa shape index (κ2) is 7.06. The van der Waals surface area contributed by atoms with Gasteiger partial charge in [-0.3, -0.25) is 9.59 Å². The molecule has 0 spiro atoms. The van der Waals surface area contributed by atoms with Gasteiger partial charge in [-0.25, -0.2) is 0 Å². The van der Waals surface area contributed by atoms with Gasteiger partial charge in [0.2, 0.25) is 11.8 Å². The van der Waals surface area contributed by atoms with E-state index in [1.165, 1.54) is 11.3 Å². The molecule has 0 aromatic heterocycles. The van der Waals surface area contributed by atoms with E-state index in [0.717, 1.165) is 13.1 Å². The molecule has 138 valence electrons. The van der Waals surface area contributed by atoms with Crippen LogP contribution in [0.15, 0.2) is 24.3 Å². The molecule has 1 aliphatic rings. The number of hydrogen-bond donors (Lipinski definition) is 1. The topological polar surface area (TPSA) is 52.7 Å². The summed E-state index contributed by atoms with van der Waals surface area (Å²) in [4.78, 5) is 29.5. The minimum Gasteiger partial charge on any atom is -0.368 e. The summed E-state index contributed by atoms with van der Waals surface area (Å²) in [5.74, 6) is -0.316. The van der Waals surface area contributed by atoms with Gasteiger partial charge < -0.3 is 15.1 Å². The summed E-state index contributed by atoms with van der Waals surface area (Å²) in [6.07, 6.45) is 0. The van der Waals surface area contributed by atoms with E-state index in [2.05, 4.69) is 41.4 Å². The van der Waals surface area contributed by atoms with E-state index in [1.807, 2.05) is 25.7 Å². The lowest BCUT2D eigenvalue weighted by molar-refractivity contribution is -0.149.